The van der Waals surface area contributed by atoms with E-state index in [1.165, 1.54) is 0 Å². The Morgan fingerprint density at radius 1 is 1.03 bits per heavy atom. The molecule has 3 aromatic carbocycles. The van der Waals surface area contributed by atoms with Crippen molar-refractivity contribution in [3.8, 4) is 0 Å². The quantitative estimate of drug-likeness (QED) is 0.246. The van der Waals surface area contributed by atoms with Gasteiger partial charge in [0, 0.05) is 16.3 Å². The lowest BCUT2D eigenvalue weighted by Gasteiger charge is -2.21. The van der Waals surface area contributed by atoms with Crippen molar-refractivity contribution in [3.63, 3.8) is 0 Å². The van der Waals surface area contributed by atoms with Crippen LogP contribution in [0.15, 0.2) is 76.5 Å². The van der Waals surface area contributed by atoms with Crippen LogP contribution < -0.4 is 15.5 Å². The van der Waals surface area contributed by atoms with E-state index in [1.807, 2.05) is 42.5 Å². The summed E-state index contributed by atoms with van der Waals surface area (Å²) >= 11 is 7.08. The zero-order valence-electron chi connectivity index (χ0n) is 18.4. The fourth-order valence-electron chi connectivity index (χ4n) is 3.35. The summed E-state index contributed by atoms with van der Waals surface area (Å²) in [5.74, 6) is -0.0487. The van der Waals surface area contributed by atoms with Gasteiger partial charge >= 0.3 is 4.87 Å². The van der Waals surface area contributed by atoms with Crippen LogP contribution in [0.2, 0.25) is 5.02 Å². The van der Waals surface area contributed by atoms with Crippen molar-refractivity contribution >= 4 is 56.4 Å². The average Bonchev–Trinajstić information content (AvgIpc) is 3.13. The minimum absolute atomic E-state index is 0.119. The SMILES string of the molecule is CC(C)(C)c1ccccc1N=C(NC(=O)c1ccc(Cl)cc1)Nc1ccc2[nH]c(=O)sc2c1. The van der Waals surface area contributed by atoms with Gasteiger partial charge in [-0.3, -0.25) is 14.9 Å². The molecule has 33 heavy (non-hydrogen) atoms. The Hall–Kier alpha value is -3.42. The van der Waals surface area contributed by atoms with Crippen LogP contribution in [0.25, 0.3) is 10.2 Å². The molecule has 0 aliphatic heterocycles. The zero-order chi connectivity index (χ0) is 23.6. The Labute approximate surface area is 200 Å². The number of aromatic amines is 1. The molecule has 0 aliphatic rings. The lowest BCUT2D eigenvalue weighted by Crippen LogP contribution is -2.36. The third kappa shape index (κ3) is 5.50. The lowest BCUT2D eigenvalue weighted by molar-refractivity contribution is 0.0977. The van der Waals surface area contributed by atoms with E-state index in [4.69, 9.17) is 16.6 Å². The van der Waals surface area contributed by atoms with Gasteiger partial charge < -0.3 is 10.3 Å². The number of aliphatic imine (C=N–C) groups is 1. The van der Waals surface area contributed by atoms with Gasteiger partial charge in [-0.05, 0) is 59.5 Å². The van der Waals surface area contributed by atoms with Crippen LogP contribution in [0.5, 0.6) is 0 Å². The zero-order valence-corrected chi connectivity index (χ0v) is 20.0. The first-order chi connectivity index (χ1) is 15.7. The molecule has 1 amide bonds. The highest BCUT2D eigenvalue weighted by molar-refractivity contribution is 7.16. The summed E-state index contributed by atoms with van der Waals surface area (Å²) in [6.45, 7) is 6.34. The second kappa shape index (κ2) is 9.21. The second-order valence-corrected chi connectivity index (χ2v) is 9.99. The number of nitrogens with one attached hydrogen (secondary N) is 3. The molecule has 168 valence electrons. The number of halogens is 1. The molecule has 4 rings (SSSR count). The molecule has 1 heterocycles. The highest BCUT2D eigenvalue weighted by Crippen LogP contribution is 2.31. The molecule has 0 aliphatic carbocycles. The van der Waals surface area contributed by atoms with Crippen molar-refractivity contribution in [2.75, 3.05) is 5.32 Å². The number of fused-ring (bicyclic) bond motifs is 1. The summed E-state index contributed by atoms with van der Waals surface area (Å²) in [7, 11) is 0. The predicted octanol–water partition coefficient (Wildman–Crippen LogP) is 6.07. The van der Waals surface area contributed by atoms with E-state index in [2.05, 4.69) is 36.4 Å². The molecular weight excluding hydrogens is 456 g/mol. The number of H-pyrrole nitrogens is 1. The molecule has 1 aromatic heterocycles. The van der Waals surface area contributed by atoms with E-state index in [9.17, 15) is 9.59 Å². The normalized spacial score (nSPS) is 12.1. The minimum Gasteiger partial charge on any atom is -0.326 e. The number of hydrogen-bond donors (Lipinski definition) is 3. The molecule has 0 bridgehead atoms. The van der Waals surface area contributed by atoms with Crippen molar-refractivity contribution < 1.29 is 4.79 Å². The standard InChI is InChI=1S/C25H23ClN4O2S/c1-25(2,3)18-6-4-5-7-19(18)28-23(30-22(31)15-8-10-16(26)11-9-15)27-17-12-13-20-21(14-17)33-24(32)29-20/h4-14H,1-3H3,(H,29,32)(H2,27,28,30,31). The number of carbonyl (C=O) groups is 1. The van der Waals surface area contributed by atoms with E-state index in [0.717, 1.165) is 32.8 Å². The number of para-hydroxylation sites is 1. The number of rotatable bonds is 3. The molecular formula is C25H23ClN4O2S. The first kappa shape index (κ1) is 22.8. The van der Waals surface area contributed by atoms with Gasteiger partial charge in [0.15, 0.2) is 0 Å². The van der Waals surface area contributed by atoms with E-state index in [1.54, 1.807) is 24.3 Å². The fourth-order valence-corrected chi connectivity index (χ4v) is 4.26. The van der Waals surface area contributed by atoms with Crippen LogP contribution in [0.1, 0.15) is 36.7 Å². The smallest absolute Gasteiger partial charge is 0.305 e. The Bertz CT molecular complexity index is 1400. The third-order valence-corrected chi connectivity index (χ3v) is 6.06. The molecule has 0 atom stereocenters. The minimum atomic E-state index is -0.321. The van der Waals surface area contributed by atoms with E-state index in [0.29, 0.717) is 16.3 Å². The van der Waals surface area contributed by atoms with Crippen LogP contribution in [0, 0.1) is 0 Å². The Morgan fingerprint density at radius 3 is 2.48 bits per heavy atom. The van der Waals surface area contributed by atoms with Gasteiger partial charge in [0.25, 0.3) is 5.91 Å². The Balaban J connectivity index is 1.72. The van der Waals surface area contributed by atoms with Gasteiger partial charge in [-0.15, -0.1) is 0 Å². The van der Waals surface area contributed by atoms with Crippen molar-refractivity contribution in [3.05, 3.63) is 92.5 Å². The third-order valence-electron chi connectivity index (χ3n) is 4.97. The van der Waals surface area contributed by atoms with Crippen molar-refractivity contribution in [1.29, 1.82) is 0 Å². The highest BCUT2D eigenvalue weighted by Gasteiger charge is 2.18. The average molecular weight is 479 g/mol. The summed E-state index contributed by atoms with van der Waals surface area (Å²) in [5, 5.41) is 6.63. The van der Waals surface area contributed by atoms with Gasteiger partial charge in [0.2, 0.25) is 5.96 Å². The van der Waals surface area contributed by atoms with Crippen LogP contribution in [-0.2, 0) is 5.41 Å². The first-order valence-electron chi connectivity index (χ1n) is 10.3. The highest BCUT2D eigenvalue weighted by atomic mass is 35.5. The van der Waals surface area contributed by atoms with Crippen LogP contribution in [-0.4, -0.2) is 16.9 Å². The fraction of sp³-hybridized carbons (Fsp3) is 0.160. The molecule has 0 unspecified atom stereocenters. The van der Waals surface area contributed by atoms with Gasteiger partial charge in [-0.1, -0.05) is 61.9 Å². The maximum absolute atomic E-state index is 12.9. The first-order valence-corrected chi connectivity index (χ1v) is 11.5. The number of thiazole rings is 1. The number of amides is 1. The van der Waals surface area contributed by atoms with E-state index >= 15 is 0 Å². The number of aromatic nitrogens is 1. The Morgan fingerprint density at radius 2 is 1.76 bits per heavy atom. The monoisotopic (exact) mass is 478 g/mol. The molecule has 6 nitrogen and oxygen atoms in total. The van der Waals surface area contributed by atoms with Gasteiger partial charge in [0.1, 0.15) is 0 Å². The number of anilines is 1. The number of hydrogen-bond acceptors (Lipinski definition) is 4. The van der Waals surface area contributed by atoms with Gasteiger partial charge in [0.05, 0.1) is 15.9 Å². The summed E-state index contributed by atoms with van der Waals surface area (Å²) in [5.41, 5.74) is 3.57. The van der Waals surface area contributed by atoms with Crippen LogP contribution in [0.3, 0.4) is 0 Å². The molecule has 0 radical (unpaired) electrons. The van der Waals surface area contributed by atoms with Gasteiger partial charge in [-0.2, -0.15) is 0 Å². The molecule has 0 spiro atoms. The maximum Gasteiger partial charge on any atom is 0.305 e. The number of guanidine groups is 1. The number of carbonyl (C=O) groups excluding carboxylic acids is 1. The number of benzene rings is 3. The van der Waals surface area contributed by atoms with Crippen molar-refractivity contribution in [2.24, 2.45) is 4.99 Å². The van der Waals surface area contributed by atoms with E-state index in [-0.39, 0.29) is 22.2 Å². The molecule has 0 saturated heterocycles. The molecule has 0 fully saturated rings. The van der Waals surface area contributed by atoms with E-state index < -0.39 is 0 Å². The summed E-state index contributed by atoms with van der Waals surface area (Å²) in [6.07, 6.45) is 0. The molecule has 0 saturated carbocycles. The molecule has 4 aromatic rings. The summed E-state index contributed by atoms with van der Waals surface area (Å²) in [4.78, 5) is 32.0. The maximum atomic E-state index is 12.9. The predicted molar refractivity (Wildman–Crippen MR) is 137 cm³/mol. The largest absolute Gasteiger partial charge is 0.326 e. The summed E-state index contributed by atoms with van der Waals surface area (Å²) in [6, 6.07) is 20.0. The van der Waals surface area contributed by atoms with Crippen molar-refractivity contribution in [1.82, 2.24) is 10.3 Å². The topological polar surface area (TPSA) is 86.3 Å². The lowest BCUT2D eigenvalue weighted by atomic mass is 9.86. The summed E-state index contributed by atoms with van der Waals surface area (Å²) < 4.78 is 0.809. The molecule has 8 heteroatoms. The number of nitrogens with zero attached hydrogens (tertiary/aromatic N) is 1. The molecule has 3 N–H and O–H groups in total. The van der Waals surface area contributed by atoms with Crippen LogP contribution in [0.4, 0.5) is 11.4 Å². The second-order valence-electron chi connectivity index (χ2n) is 8.54. The Kier molecular flexibility index (Phi) is 6.35. The van der Waals surface area contributed by atoms with Crippen LogP contribution >= 0.6 is 22.9 Å². The van der Waals surface area contributed by atoms with Crippen molar-refractivity contribution in [2.45, 2.75) is 26.2 Å². The van der Waals surface area contributed by atoms with Gasteiger partial charge in [-0.25, -0.2) is 4.99 Å².